The molecular weight excluding hydrogens is 270 g/mol. The summed E-state index contributed by atoms with van der Waals surface area (Å²) < 4.78 is 0. The Hall–Kier alpha value is 2.79. The smallest absolute Gasteiger partial charge is 0.689 e. The van der Waals surface area contributed by atoms with Crippen LogP contribution in [0.1, 0.15) is 0 Å². The maximum Gasteiger partial charge on any atom is 1.00 e. The fourth-order valence-corrected chi connectivity index (χ4v) is 0.0907. The molecule has 0 aromatic carbocycles. The van der Waals surface area contributed by atoms with E-state index in [1.807, 2.05) is 0 Å². The first-order valence-corrected chi connectivity index (χ1v) is 1.83. The third-order valence-electron chi connectivity index (χ3n) is 0.250. The van der Waals surface area contributed by atoms with E-state index in [9.17, 15) is 0 Å². The fraction of sp³-hybridized carbons (Fsp3) is 0. The van der Waals surface area contributed by atoms with Crippen LogP contribution < -0.4 is 113 Å². The molecule has 0 spiro atoms. The molecule has 0 heterocycles. The maximum atomic E-state index is 8.95. The van der Waals surface area contributed by atoms with Crippen LogP contribution in [-0.2, 0) is 50.4 Å². The molecule has 0 aliphatic heterocycles. The van der Waals surface area contributed by atoms with E-state index >= 15 is 0 Å². The first-order chi connectivity index (χ1) is 5.91. The van der Waals surface area contributed by atoms with E-state index in [1.54, 1.807) is 0 Å². The Balaban J connectivity index is -0.000000605. The molecule has 0 N–H and O–H groups in total. The second kappa shape index (κ2) is 21.1. The van der Waals surface area contributed by atoms with Gasteiger partial charge < -0.3 is 10.5 Å². The Labute approximate surface area is 160 Å². The minimum Gasteiger partial charge on any atom is -0.689 e. The molecule has 14 heavy (non-hydrogen) atoms. The third kappa shape index (κ3) is 20.2. The van der Waals surface area contributed by atoms with Crippen LogP contribution >= 0.6 is 0 Å². The summed E-state index contributed by atoms with van der Waals surface area (Å²) in [5.41, 5.74) is 0. The first kappa shape index (κ1) is 22.0. The normalized spacial score (nSPS) is 9.00. The van der Waals surface area contributed by atoms with E-state index in [1.165, 1.54) is 0 Å². The monoisotopic (exact) mass is 270 g/mol. The molecule has 0 radical (unpaired) electrons. The zero-order chi connectivity index (χ0) is 9.07. The topological polar surface area (TPSA) is 138 Å². The van der Waals surface area contributed by atoms with Crippen molar-refractivity contribution in [2.45, 2.75) is 0 Å². The van der Waals surface area contributed by atoms with Gasteiger partial charge in [0.1, 0.15) is 0 Å². The van der Waals surface area contributed by atoms with Gasteiger partial charge in [0.05, 0.1) is 0 Å². The van der Waals surface area contributed by atoms with Crippen LogP contribution in [0.4, 0.5) is 0 Å². The van der Waals surface area contributed by atoms with E-state index < -0.39 is 0 Å². The van der Waals surface area contributed by atoms with Crippen LogP contribution in [0.5, 0.6) is 0 Å². The van der Waals surface area contributed by atoms with Gasteiger partial charge in [0.25, 0.3) is 0 Å². The zero-order valence-electron chi connectivity index (χ0n) is 6.90. The molecule has 0 amide bonds. The van der Waals surface area contributed by atoms with Gasteiger partial charge in [0, 0.05) is 0 Å². The van der Waals surface area contributed by atoms with Gasteiger partial charge in [-0.25, -0.2) is 0 Å². The molecule has 0 fully saturated rings. The molecule has 0 unspecified atom stereocenters. The van der Waals surface area contributed by atoms with Crippen molar-refractivity contribution in [2.75, 3.05) is 0 Å². The summed E-state index contributed by atoms with van der Waals surface area (Å²) in [5, 5.41) is 49.0. The van der Waals surface area contributed by atoms with Crippen LogP contribution in [0.2, 0.25) is 0 Å². The van der Waals surface area contributed by atoms with Crippen molar-refractivity contribution in [2.24, 2.45) is 0 Å². The molecule has 0 aromatic heterocycles. The van der Waals surface area contributed by atoms with Gasteiger partial charge in [-0.05, 0) is 40.3 Å². The third-order valence-corrected chi connectivity index (χ3v) is 0.250. The standard InChI is InChI=1S/2K.H2O12/c;;1-3-5-7-9-11-12-10-8-6-4-2/h;;1-2H/q2*+1;/p-2. The van der Waals surface area contributed by atoms with Crippen LogP contribution in [0, 0.1) is 0 Å². The van der Waals surface area contributed by atoms with Gasteiger partial charge in [-0.15, -0.1) is 0 Å². The minimum absolute atomic E-state index is 0. The average Bonchev–Trinajstić information content (AvgIpc) is 2.10. The van der Waals surface area contributed by atoms with Gasteiger partial charge >= 0.3 is 103 Å². The molecule has 0 aromatic rings. The molecule has 14 heteroatoms. The van der Waals surface area contributed by atoms with Gasteiger partial charge in [0.2, 0.25) is 0 Å². The number of rotatable bonds is 9. The number of hydrogen-bond donors (Lipinski definition) is 0. The van der Waals surface area contributed by atoms with E-state index in [0.29, 0.717) is 0 Å². The quantitative estimate of drug-likeness (QED) is 0.170. The predicted octanol–water partition coefficient (Wildman–Crippen LogP) is -9.05. The minimum atomic E-state index is 0. The molecule has 0 aliphatic carbocycles. The molecule has 0 saturated heterocycles. The Morgan fingerprint density at radius 3 is 0.857 bits per heavy atom. The fourth-order valence-electron chi connectivity index (χ4n) is 0.0907. The summed E-state index contributed by atoms with van der Waals surface area (Å²) in [6.45, 7) is 0. The SMILES string of the molecule is [K+].[K+].[O-]OOOOOOOOOO[O-]. The predicted molar refractivity (Wildman–Crippen MR) is 10.9 cm³/mol. The van der Waals surface area contributed by atoms with Crippen molar-refractivity contribution in [3.63, 3.8) is 0 Å². The zero-order valence-corrected chi connectivity index (χ0v) is 13.1. The molecule has 0 atom stereocenters. The summed E-state index contributed by atoms with van der Waals surface area (Å²) in [6, 6.07) is 0. The average molecular weight is 270 g/mol. The van der Waals surface area contributed by atoms with Crippen LogP contribution in [-0.4, -0.2) is 0 Å². The second-order valence-corrected chi connectivity index (χ2v) is 0.680. The van der Waals surface area contributed by atoms with Gasteiger partial charge in [0.15, 0.2) is 0 Å². The van der Waals surface area contributed by atoms with Gasteiger partial charge in [-0.2, -0.15) is 0 Å². The summed E-state index contributed by atoms with van der Waals surface area (Å²) >= 11 is 0. The summed E-state index contributed by atoms with van der Waals surface area (Å²) in [6.07, 6.45) is 0. The van der Waals surface area contributed by atoms with Gasteiger partial charge in [-0.1, -0.05) is 0 Å². The Morgan fingerprint density at radius 2 is 0.643 bits per heavy atom. The summed E-state index contributed by atoms with van der Waals surface area (Å²) in [4.78, 5) is 0. The molecule has 74 valence electrons. The van der Waals surface area contributed by atoms with E-state index in [-0.39, 0.29) is 103 Å². The van der Waals surface area contributed by atoms with Crippen molar-refractivity contribution in [1.29, 1.82) is 0 Å². The van der Waals surface area contributed by atoms with Crippen LogP contribution in [0.25, 0.3) is 0 Å². The Morgan fingerprint density at radius 1 is 0.429 bits per heavy atom. The molecular formula is K2O12. The molecule has 0 bridgehead atoms. The van der Waals surface area contributed by atoms with E-state index in [0.717, 1.165) is 0 Å². The van der Waals surface area contributed by atoms with Crippen molar-refractivity contribution >= 4 is 0 Å². The van der Waals surface area contributed by atoms with Crippen molar-refractivity contribution in [3.05, 3.63) is 0 Å². The van der Waals surface area contributed by atoms with Crippen molar-refractivity contribution < 1.29 is 164 Å². The van der Waals surface area contributed by atoms with Crippen LogP contribution in [0.15, 0.2) is 0 Å². The first-order valence-electron chi connectivity index (χ1n) is 1.83. The van der Waals surface area contributed by atoms with Gasteiger partial charge in [-0.3, -0.25) is 10.1 Å². The molecule has 0 aliphatic rings. The summed E-state index contributed by atoms with van der Waals surface area (Å²) in [7, 11) is 0. The van der Waals surface area contributed by atoms with Crippen LogP contribution in [0.3, 0.4) is 0 Å². The molecule has 0 saturated carbocycles. The summed E-state index contributed by atoms with van der Waals surface area (Å²) in [5.74, 6) is 0. The second-order valence-electron chi connectivity index (χ2n) is 0.680. The Kier molecular flexibility index (Phi) is 33.2. The Bertz CT molecular complexity index is 64.7. The largest absolute Gasteiger partial charge is 1.00 e. The van der Waals surface area contributed by atoms with Crippen molar-refractivity contribution in [1.82, 2.24) is 0 Å². The maximum absolute atomic E-state index is 8.95. The molecule has 0 rings (SSSR count). The number of hydrogen-bond acceptors (Lipinski definition) is 12. The van der Waals surface area contributed by atoms with E-state index in [2.05, 4.69) is 50.4 Å². The molecule has 12 nitrogen and oxygen atoms in total. The van der Waals surface area contributed by atoms with E-state index in [4.69, 9.17) is 10.5 Å². The van der Waals surface area contributed by atoms with Crippen molar-refractivity contribution in [3.8, 4) is 0 Å².